The summed E-state index contributed by atoms with van der Waals surface area (Å²) in [6, 6.07) is 10.1. The summed E-state index contributed by atoms with van der Waals surface area (Å²) < 4.78 is 1.58. The molecule has 0 radical (unpaired) electrons. The number of benzene rings is 1. The van der Waals surface area contributed by atoms with Gasteiger partial charge in [0.15, 0.2) is 5.65 Å². The molecule has 1 aliphatic rings. The minimum Gasteiger partial charge on any atom is -0.326 e. The van der Waals surface area contributed by atoms with Crippen LogP contribution in [0.3, 0.4) is 0 Å². The third-order valence-corrected chi connectivity index (χ3v) is 5.08. The molecule has 0 spiro atoms. The first-order valence-corrected chi connectivity index (χ1v) is 9.48. The van der Waals surface area contributed by atoms with Crippen LogP contribution in [0.1, 0.15) is 27.6 Å². The molecular weight excluding hydrogens is 396 g/mol. The summed E-state index contributed by atoms with van der Waals surface area (Å²) in [5, 5.41) is 7.70. The van der Waals surface area contributed by atoms with E-state index in [0.717, 1.165) is 10.5 Å². The van der Waals surface area contributed by atoms with E-state index < -0.39 is 11.8 Å². The zero-order chi connectivity index (χ0) is 21.7. The molecule has 1 aliphatic heterocycles. The Balaban J connectivity index is 1.65. The van der Waals surface area contributed by atoms with E-state index in [4.69, 9.17) is 0 Å². The Morgan fingerprint density at radius 2 is 1.81 bits per heavy atom. The zero-order valence-electron chi connectivity index (χ0n) is 16.7. The lowest BCUT2D eigenvalue weighted by Gasteiger charge is -2.14. The predicted octanol–water partition coefficient (Wildman–Crippen LogP) is 2.79. The van der Waals surface area contributed by atoms with Gasteiger partial charge in [-0.05, 0) is 36.4 Å². The van der Waals surface area contributed by atoms with Crippen molar-refractivity contribution < 1.29 is 14.4 Å². The van der Waals surface area contributed by atoms with Crippen molar-refractivity contribution in [1.82, 2.24) is 19.7 Å². The normalized spacial score (nSPS) is 13.0. The van der Waals surface area contributed by atoms with Crippen LogP contribution in [0.4, 0.5) is 11.4 Å². The number of rotatable bonds is 3. The van der Waals surface area contributed by atoms with E-state index in [2.05, 4.69) is 20.4 Å². The van der Waals surface area contributed by atoms with Crippen molar-refractivity contribution >= 4 is 40.1 Å². The Bertz CT molecular complexity index is 1380. The van der Waals surface area contributed by atoms with Gasteiger partial charge in [-0.2, -0.15) is 5.10 Å². The molecule has 4 aromatic rings. The highest BCUT2D eigenvalue weighted by Gasteiger charge is 2.40. The van der Waals surface area contributed by atoms with E-state index in [1.54, 1.807) is 54.5 Å². The number of imide groups is 1. The standard InChI is InChI=1S/C22H16N6O3/c1-12(29)25-14-5-7-15(8-6-14)28-21(30)16-11-24-20-18(17(16)22(28)31)19(26-27(20)2)13-4-3-9-23-10-13/h3-11H,1-2H3,(H,25,29). The van der Waals surface area contributed by atoms with E-state index in [-0.39, 0.29) is 17.0 Å². The van der Waals surface area contributed by atoms with Crippen LogP contribution in [0, 0.1) is 0 Å². The summed E-state index contributed by atoms with van der Waals surface area (Å²) in [6.07, 6.45) is 4.72. The van der Waals surface area contributed by atoms with Gasteiger partial charge in [0.2, 0.25) is 5.91 Å². The maximum absolute atomic E-state index is 13.4. The quantitative estimate of drug-likeness (QED) is 0.518. The van der Waals surface area contributed by atoms with Gasteiger partial charge in [-0.25, -0.2) is 14.6 Å². The molecule has 0 bridgehead atoms. The predicted molar refractivity (Wildman–Crippen MR) is 114 cm³/mol. The van der Waals surface area contributed by atoms with E-state index in [1.807, 2.05) is 6.07 Å². The molecule has 0 atom stereocenters. The second kappa shape index (κ2) is 6.84. The summed E-state index contributed by atoms with van der Waals surface area (Å²) in [4.78, 5) is 47.4. The molecule has 5 rings (SSSR count). The van der Waals surface area contributed by atoms with Gasteiger partial charge in [0.25, 0.3) is 11.8 Å². The number of amides is 3. The highest BCUT2D eigenvalue weighted by Crippen LogP contribution is 2.37. The third kappa shape index (κ3) is 2.86. The van der Waals surface area contributed by atoms with Gasteiger partial charge in [0.05, 0.1) is 22.2 Å². The van der Waals surface area contributed by atoms with Crippen LogP contribution in [-0.4, -0.2) is 37.5 Å². The molecule has 1 aromatic carbocycles. The minimum absolute atomic E-state index is 0.207. The molecule has 4 heterocycles. The zero-order valence-corrected chi connectivity index (χ0v) is 16.7. The molecule has 3 amide bonds. The number of anilines is 2. The molecule has 9 heteroatoms. The second-order valence-corrected chi connectivity index (χ2v) is 7.13. The number of nitrogens with one attached hydrogen (secondary N) is 1. The van der Waals surface area contributed by atoms with Crippen molar-refractivity contribution in [3.05, 3.63) is 66.1 Å². The number of fused-ring (bicyclic) bond motifs is 3. The molecule has 3 aromatic heterocycles. The Morgan fingerprint density at radius 1 is 1.03 bits per heavy atom. The fraction of sp³-hybridized carbons (Fsp3) is 0.0909. The number of pyridine rings is 2. The monoisotopic (exact) mass is 412 g/mol. The van der Waals surface area contributed by atoms with Gasteiger partial charge in [-0.3, -0.25) is 19.4 Å². The topological polar surface area (TPSA) is 110 Å². The molecule has 0 unspecified atom stereocenters. The maximum atomic E-state index is 13.4. The Labute approximate surface area is 176 Å². The van der Waals surface area contributed by atoms with Crippen LogP contribution >= 0.6 is 0 Å². The Morgan fingerprint density at radius 3 is 2.48 bits per heavy atom. The summed E-state index contributed by atoms with van der Waals surface area (Å²) in [6.45, 7) is 1.41. The smallest absolute Gasteiger partial charge is 0.267 e. The summed E-state index contributed by atoms with van der Waals surface area (Å²) in [7, 11) is 1.74. The average molecular weight is 412 g/mol. The van der Waals surface area contributed by atoms with Gasteiger partial charge < -0.3 is 5.32 Å². The SMILES string of the molecule is CC(=O)Nc1ccc(N2C(=O)c3cnc4c(c(-c5cccnc5)nn4C)c3C2=O)cc1. The third-order valence-electron chi connectivity index (χ3n) is 5.08. The number of hydrogen-bond acceptors (Lipinski definition) is 6. The van der Waals surface area contributed by atoms with Crippen molar-refractivity contribution in [3.8, 4) is 11.3 Å². The number of nitrogens with zero attached hydrogens (tertiary/aromatic N) is 5. The van der Waals surface area contributed by atoms with Crippen molar-refractivity contribution in [2.45, 2.75) is 6.92 Å². The van der Waals surface area contributed by atoms with Gasteiger partial charge in [0.1, 0.15) is 5.69 Å². The highest BCUT2D eigenvalue weighted by molar-refractivity contribution is 6.38. The summed E-state index contributed by atoms with van der Waals surface area (Å²) in [5.41, 5.74) is 3.24. The molecule has 0 fully saturated rings. The van der Waals surface area contributed by atoms with Crippen molar-refractivity contribution in [2.75, 3.05) is 10.2 Å². The van der Waals surface area contributed by atoms with Gasteiger partial charge in [0, 0.05) is 43.8 Å². The van der Waals surface area contributed by atoms with E-state index >= 15 is 0 Å². The second-order valence-electron chi connectivity index (χ2n) is 7.13. The fourth-order valence-corrected chi connectivity index (χ4v) is 3.76. The first-order valence-electron chi connectivity index (χ1n) is 9.48. The number of hydrogen-bond donors (Lipinski definition) is 1. The maximum Gasteiger partial charge on any atom is 0.267 e. The molecular formula is C22H16N6O3. The fourth-order valence-electron chi connectivity index (χ4n) is 3.76. The largest absolute Gasteiger partial charge is 0.326 e. The van der Waals surface area contributed by atoms with E-state index in [9.17, 15) is 14.4 Å². The van der Waals surface area contributed by atoms with Gasteiger partial charge >= 0.3 is 0 Å². The van der Waals surface area contributed by atoms with Crippen LogP contribution in [-0.2, 0) is 11.8 Å². The Kier molecular flexibility index (Phi) is 4.11. The van der Waals surface area contributed by atoms with Crippen LogP contribution in [0.25, 0.3) is 22.3 Å². The lowest BCUT2D eigenvalue weighted by molar-refractivity contribution is -0.114. The highest BCUT2D eigenvalue weighted by atomic mass is 16.2. The molecule has 9 nitrogen and oxygen atoms in total. The first kappa shape index (κ1) is 18.6. The molecule has 152 valence electrons. The van der Waals surface area contributed by atoms with Crippen molar-refractivity contribution in [2.24, 2.45) is 7.05 Å². The van der Waals surface area contributed by atoms with Crippen LogP contribution in [0.5, 0.6) is 0 Å². The van der Waals surface area contributed by atoms with Gasteiger partial charge in [-0.1, -0.05) is 0 Å². The number of carbonyl (C=O) groups excluding carboxylic acids is 3. The Hall–Kier alpha value is -4.40. The molecule has 0 aliphatic carbocycles. The van der Waals surface area contributed by atoms with Crippen LogP contribution in [0.2, 0.25) is 0 Å². The lowest BCUT2D eigenvalue weighted by Crippen LogP contribution is -2.29. The van der Waals surface area contributed by atoms with Crippen molar-refractivity contribution in [1.29, 1.82) is 0 Å². The summed E-state index contributed by atoms with van der Waals surface area (Å²) in [5.74, 6) is -1.11. The van der Waals surface area contributed by atoms with E-state index in [0.29, 0.717) is 28.1 Å². The summed E-state index contributed by atoms with van der Waals surface area (Å²) >= 11 is 0. The molecule has 0 saturated carbocycles. The van der Waals surface area contributed by atoms with Crippen LogP contribution < -0.4 is 10.2 Å². The van der Waals surface area contributed by atoms with E-state index in [1.165, 1.54) is 13.1 Å². The van der Waals surface area contributed by atoms with Gasteiger partial charge in [-0.15, -0.1) is 0 Å². The first-order chi connectivity index (χ1) is 15.0. The molecule has 31 heavy (non-hydrogen) atoms. The lowest BCUT2D eigenvalue weighted by atomic mass is 10.0. The van der Waals surface area contributed by atoms with Crippen LogP contribution in [0.15, 0.2) is 55.0 Å². The van der Waals surface area contributed by atoms with Crippen molar-refractivity contribution in [3.63, 3.8) is 0 Å². The average Bonchev–Trinajstić information content (AvgIpc) is 3.23. The number of carbonyl (C=O) groups is 3. The molecule has 0 saturated heterocycles. The minimum atomic E-state index is -0.456. The number of aryl methyl sites for hydroxylation is 1. The molecule has 1 N–H and O–H groups in total. The number of aromatic nitrogens is 4.